The van der Waals surface area contributed by atoms with Crippen molar-refractivity contribution in [3.63, 3.8) is 0 Å². The standard InChI is InChI=1S/C13H20N2OS/c1-10-3-4-11(16-10)8-15(2)9-13(5-6-13)7-12(14)17/h3-4H,5-9H2,1-2H3,(H2,14,17). The highest BCUT2D eigenvalue weighted by Crippen LogP contribution is 2.49. The van der Waals surface area contributed by atoms with E-state index < -0.39 is 0 Å². The van der Waals surface area contributed by atoms with Crippen molar-refractivity contribution in [2.45, 2.75) is 32.7 Å². The van der Waals surface area contributed by atoms with Gasteiger partial charge in [0.05, 0.1) is 11.5 Å². The average molecular weight is 252 g/mol. The Hall–Kier alpha value is -0.870. The van der Waals surface area contributed by atoms with Gasteiger partial charge in [0, 0.05) is 13.0 Å². The van der Waals surface area contributed by atoms with Crippen LogP contribution >= 0.6 is 12.2 Å². The van der Waals surface area contributed by atoms with Crippen molar-refractivity contribution in [1.82, 2.24) is 4.90 Å². The van der Waals surface area contributed by atoms with Gasteiger partial charge < -0.3 is 10.2 Å². The van der Waals surface area contributed by atoms with Gasteiger partial charge >= 0.3 is 0 Å². The lowest BCUT2D eigenvalue weighted by Crippen LogP contribution is -2.29. The van der Waals surface area contributed by atoms with Gasteiger partial charge in [-0.25, -0.2) is 0 Å². The van der Waals surface area contributed by atoms with Crippen molar-refractivity contribution in [3.8, 4) is 0 Å². The van der Waals surface area contributed by atoms with Crippen LogP contribution in [-0.4, -0.2) is 23.5 Å². The maximum absolute atomic E-state index is 5.64. The number of thiocarbonyl (C=S) groups is 1. The van der Waals surface area contributed by atoms with Gasteiger partial charge in [-0.05, 0) is 44.4 Å². The first-order valence-electron chi connectivity index (χ1n) is 6.01. The molecule has 0 unspecified atom stereocenters. The van der Waals surface area contributed by atoms with Crippen molar-refractivity contribution in [2.75, 3.05) is 13.6 Å². The summed E-state index contributed by atoms with van der Waals surface area (Å²) in [5.41, 5.74) is 5.99. The third-order valence-electron chi connectivity index (χ3n) is 3.33. The second-order valence-electron chi connectivity index (χ2n) is 5.33. The molecule has 1 fully saturated rings. The monoisotopic (exact) mass is 252 g/mol. The van der Waals surface area contributed by atoms with Gasteiger partial charge in [0.25, 0.3) is 0 Å². The summed E-state index contributed by atoms with van der Waals surface area (Å²) in [7, 11) is 2.12. The first-order chi connectivity index (χ1) is 7.99. The Kier molecular flexibility index (Phi) is 3.54. The van der Waals surface area contributed by atoms with Crippen LogP contribution in [0.5, 0.6) is 0 Å². The van der Waals surface area contributed by atoms with Crippen LogP contribution in [0.15, 0.2) is 16.5 Å². The third-order valence-corrected chi connectivity index (χ3v) is 3.48. The molecule has 0 aromatic carbocycles. The molecule has 0 spiro atoms. The zero-order valence-electron chi connectivity index (χ0n) is 10.5. The predicted octanol–water partition coefficient (Wildman–Crippen LogP) is 2.48. The minimum atomic E-state index is 0.349. The highest BCUT2D eigenvalue weighted by atomic mass is 32.1. The molecule has 1 heterocycles. The van der Waals surface area contributed by atoms with Crippen LogP contribution in [0.2, 0.25) is 0 Å². The minimum absolute atomic E-state index is 0.349. The Bertz CT molecular complexity index is 409. The molecule has 1 aliphatic carbocycles. The quantitative estimate of drug-likeness (QED) is 0.790. The lowest BCUT2D eigenvalue weighted by Gasteiger charge is -2.22. The molecule has 0 amide bonds. The summed E-state index contributed by atoms with van der Waals surface area (Å²) >= 11 is 5.01. The Labute approximate surface area is 108 Å². The molecule has 1 saturated carbocycles. The molecule has 17 heavy (non-hydrogen) atoms. The van der Waals surface area contributed by atoms with Crippen molar-refractivity contribution < 1.29 is 4.42 Å². The van der Waals surface area contributed by atoms with E-state index in [1.165, 1.54) is 12.8 Å². The molecule has 0 aliphatic heterocycles. The molecule has 4 heteroatoms. The highest BCUT2D eigenvalue weighted by Gasteiger charge is 2.43. The summed E-state index contributed by atoms with van der Waals surface area (Å²) in [4.78, 5) is 2.94. The maximum Gasteiger partial charge on any atom is 0.118 e. The van der Waals surface area contributed by atoms with Crippen LogP contribution in [0, 0.1) is 12.3 Å². The normalized spacial score (nSPS) is 17.4. The zero-order valence-corrected chi connectivity index (χ0v) is 11.3. The molecule has 1 aromatic rings. The van der Waals surface area contributed by atoms with Crippen molar-refractivity contribution in [3.05, 3.63) is 23.7 Å². The molecule has 1 aromatic heterocycles. The van der Waals surface area contributed by atoms with Crippen LogP contribution in [0.4, 0.5) is 0 Å². The summed E-state index contributed by atoms with van der Waals surface area (Å²) in [5, 5.41) is 0. The molecule has 3 nitrogen and oxygen atoms in total. The van der Waals surface area contributed by atoms with E-state index in [-0.39, 0.29) is 0 Å². The van der Waals surface area contributed by atoms with Gasteiger partial charge in [-0.2, -0.15) is 0 Å². The average Bonchev–Trinajstić information content (AvgIpc) is 2.80. The molecule has 0 bridgehead atoms. The topological polar surface area (TPSA) is 42.4 Å². The lowest BCUT2D eigenvalue weighted by atomic mass is 10.0. The molecule has 94 valence electrons. The van der Waals surface area contributed by atoms with E-state index in [1.54, 1.807) is 0 Å². The van der Waals surface area contributed by atoms with E-state index in [4.69, 9.17) is 22.4 Å². The lowest BCUT2D eigenvalue weighted by molar-refractivity contribution is 0.240. The number of furan rings is 1. The van der Waals surface area contributed by atoms with Gasteiger partial charge in [0.1, 0.15) is 11.5 Å². The fraction of sp³-hybridized carbons (Fsp3) is 0.615. The number of hydrogen-bond donors (Lipinski definition) is 1. The first kappa shape index (κ1) is 12.6. The Balaban J connectivity index is 1.85. The van der Waals surface area contributed by atoms with Gasteiger partial charge in [-0.1, -0.05) is 12.2 Å². The Morgan fingerprint density at radius 2 is 2.24 bits per heavy atom. The van der Waals surface area contributed by atoms with Gasteiger partial charge in [-0.15, -0.1) is 0 Å². The Morgan fingerprint density at radius 1 is 1.53 bits per heavy atom. The first-order valence-corrected chi connectivity index (χ1v) is 6.42. The molecule has 2 N–H and O–H groups in total. The second kappa shape index (κ2) is 4.78. The minimum Gasteiger partial charge on any atom is -0.465 e. The van der Waals surface area contributed by atoms with Crippen molar-refractivity contribution >= 4 is 17.2 Å². The van der Waals surface area contributed by atoms with Gasteiger partial charge in [-0.3, -0.25) is 4.90 Å². The van der Waals surface area contributed by atoms with Crippen LogP contribution in [0.3, 0.4) is 0 Å². The van der Waals surface area contributed by atoms with Gasteiger partial charge in [0.2, 0.25) is 0 Å². The summed E-state index contributed by atoms with van der Waals surface area (Å²) < 4.78 is 5.58. The Morgan fingerprint density at radius 3 is 2.71 bits per heavy atom. The summed E-state index contributed by atoms with van der Waals surface area (Å²) in [6, 6.07) is 4.05. The van der Waals surface area contributed by atoms with Crippen molar-refractivity contribution in [1.29, 1.82) is 0 Å². The third kappa shape index (κ3) is 3.54. The van der Waals surface area contributed by atoms with Crippen molar-refractivity contribution in [2.24, 2.45) is 11.1 Å². The molecular weight excluding hydrogens is 232 g/mol. The van der Waals surface area contributed by atoms with Crippen LogP contribution < -0.4 is 5.73 Å². The van der Waals surface area contributed by atoms with E-state index in [9.17, 15) is 0 Å². The smallest absolute Gasteiger partial charge is 0.118 e. The van der Waals surface area contributed by atoms with E-state index in [0.717, 1.165) is 31.0 Å². The summed E-state index contributed by atoms with van der Waals surface area (Å²) in [5.74, 6) is 1.99. The number of hydrogen-bond acceptors (Lipinski definition) is 3. The zero-order chi connectivity index (χ0) is 12.5. The summed E-state index contributed by atoms with van der Waals surface area (Å²) in [6.07, 6.45) is 3.36. The number of nitrogens with two attached hydrogens (primary N) is 1. The molecule has 0 saturated heterocycles. The van der Waals surface area contributed by atoms with Crippen LogP contribution in [0.25, 0.3) is 0 Å². The number of nitrogens with zero attached hydrogens (tertiary/aromatic N) is 1. The maximum atomic E-state index is 5.64. The highest BCUT2D eigenvalue weighted by molar-refractivity contribution is 7.80. The molecule has 0 atom stereocenters. The molecule has 0 radical (unpaired) electrons. The van der Waals surface area contributed by atoms with Crippen LogP contribution in [-0.2, 0) is 6.54 Å². The van der Waals surface area contributed by atoms with E-state index >= 15 is 0 Å². The molecule has 1 aliphatic rings. The SMILES string of the molecule is Cc1ccc(CN(C)CC2(CC(N)=S)CC2)o1. The van der Waals surface area contributed by atoms with Crippen LogP contribution in [0.1, 0.15) is 30.8 Å². The number of rotatable bonds is 6. The fourth-order valence-corrected chi connectivity index (χ4v) is 2.71. The van der Waals surface area contributed by atoms with E-state index in [0.29, 0.717) is 10.4 Å². The number of aryl methyl sites for hydroxylation is 1. The largest absolute Gasteiger partial charge is 0.465 e. The second-order valence-corrected chi connectivity index (χ2v) is 5.85. The molecule has 2 rings (SSSR count). The van der Waals surface area contributed by atoms with E-state index in [1.807, 2.05) is 19.1 Å². The van der Waals surface area contributed by atoms with E-state index in [2.05, 4.69) is 11.9 Å². The molecular formula is C13H20N2OS. The fourth-order valence-electron chi connectivity index (χ4n) is 2.40. The summed E-state index contributed by atoms with van der Waals surface area (Å²) in [6.45, 7) is 3.87. The van der Waals surface area contributed by atoms with Gasteiger partial charge in [0.15, 0.2) is 0 Å². The predicted molar refractivity (Wildman–Crippen MR) is 72.8 cm³/mol.